The summed E-state index contributed by atoms with van der Waals surface area (Å²) in [6.07, 6.45) is 4.16. The maximum Gasteiger partial charge on any atom is 0.308 e. The van der Waals surface area contributed by atoms with Crippen molar-refractivity contribution in [1.29, 1.82) is 0 Å². The van der Waals surface area contributed by atoms with Crippen LogP contribution in [-0.4, -0.2) is 55.2 Å². The van der Waals surface area contributed by atoms with E-state index >= 15 is 0 Å². The van der Waals surface area contributed by atoms with Crippen LogP contribution >= 0.6 is 0 Å². The van der Waals surface area contributed by atoms with E-state index in [4.69, 9.17) is 4.74 Å². The number of carboxylic acid groups (broad SMARTS) is 1. The molecular weight excluding hydrogens is 386 g/mol. The van der Waals surface area contributed by atoms with Crippen molar-refractivity contribution in [2.75, 3.05) is 25.6 Å². The van der Waals surface area contributed by atoms with E-state index in [1.165, 1.54) is 0 Å². The molecule has 0 unspecified atom stereocenters. The van der Waals surface area contributed by atoms with Crippen LogP contribution < -0.4 is 16.0 Å². The Kier molecular flexibility index (Phi) is 9.60. The molecule has 1 aromatic rings. The molecule has 8 nitrogen and oxygen atoms in total. The lowest BCUT2D eigenvalue weighted by Gasteiger charge is -2.23. The van der Waals surface area contributed by atoms with Crippen LogP contribution in [0.15, 0.2) is 24.3 Å². The summed E-state index contributed by atoms with van der Waals surface area (Å²) >= 11 is 0. The molecule has 1 saturated carbocycles. The number of aliphatic carboxylic acids is 1. The molecule has 1 aliphatic carbocycles. The van der Waals surface area contributed by atoms with Gasteiger partial charge in [-0.3, -0.25) is 14.4 Å². The Balaban J connectivity index is 2.02. The molecule has 166 valence electrons. The minimum atomic E-state index is -0.885. The van der Waals surface area contributed by atoms with Gasteiger partial charge in [-0.1, -0.05) is 32.3 Å². The third-order valence-electron chi connectivity index (χ3n) is 5.39. The standard InChI is InChI=1S/C22H33N3O5/c1-3-4-10-19(21(27)24-18-11-6-9-17(18)22(28)29)25-20(26)15-7-5-8-16(14-15)23-12-13-30-2/h5,7-8,14,17-19,23H,3-4,6,9-13H2,1-2H3,(H,24,27)(H,25,26)(H,28,29)/t17-,18+,19+/m1/s1. The van der Waals surface area contributed by atoms with Crippen LogP contribution in [0.1, 0.15) is 55.8 Å². The predicted molar refractivity (Wildman–Crippen MR) is 114 cm³/mol. The first-order chi connectivity index (χ1) is 14.5. The van der Waals surface area contributed by atoms with Crippen molar-refractivity contribution >= 4 is 23.5 Å². The molecule has 8 heteroatoms. The molecule has 0 saturated heterocycles. The Morgan fingerprint density at radius 1 is 1.27 bits per heavy atom. The Morgan fingerprint density at radius 3 is 2.77 bits per heavy atom. The second-order valence-corrected chi connectivity index (χ2v) is 7.66. The van der Waals surface area contributed by atoms with Crippen LogP contribution in [0.25, 0.3) is 0 Å². The van der Waals surface area contributed by atoms with Crippen molar-refractivity contribution in [3.05, 3.63) is 29.8 Å². The number of unbranched alkanes of at least 4 members (excludes halogenated alkanes) is 1. The summed E-state index contributed by atoms with van der Waals surface area (Å²) in [7, 11) is 1.62. The number of ether oxygens (including phenoxy) is 1. The van der Waals surface area contributed by atoms with E-state index in [-0.39, 0.29) is 17.9 Å². The number of amides is 2. The lowest BCUT2D eigenvalue weighted by atomic mass is 10.0. The highest BCUT2D eigenvalue weighted by Crippen LogP contribution is 2.26. The van der Waals surface area contributed by atoms with Gasteiger partial charge in [-0.2, -0.15) is 0 Å². The molecule has 0 radical (unpaired) electrons. The number of hydrogen-bond acceptors (Lipinski definition) is 5. The molecule has 1 aromatic carbocycles. The van der Waals surface area contributed by atoms with Crippen LogP contribution in [0.4, 0.5) is 5.69 Å². The van der Waals surface area contributed by atoms with Crippen molar-refractivity contribution in [2.24, 2.45) is 5.92 Å². The first-order valence-corrected chi connectivity index (χ1v) is 10.6. The molecule has 30 heavy (non-hydrogen) atoms. The number of anilines is 1. The van der Waals surface area contributed by atoms with Crippen molar-refractivity contribution in [2.45, 2.75) is 57.5 Å². The van der Waals surface area contributed by atoms with Gasteiger partial charge in [0.25, 0.3) is 5.91 Å². The molecule has 3 atom stereocenters. The van der Waals surface area contributed by atoms with Crippen LogP contribution in [0.5, 0.6) is 0 Å². The van der Waals surface area contributed by atoms with Crippen molar-refractivity contribution in [1.82, 2.24) is 10.6 Å². The summed E-state index contributed by atoms with van der Waals surface area (Å²) in [4.78, 5) is 37.0. The predicted octanol–water partition coefficient (Wildman–Crippen LogP) is 2.40. The molecule has 2 amide bonds. The van der Waals surface area contributed by atoms with Gasteiger partial charge >= 0.3 is 5.97 Å². The third kappa shape index (κ3) is 7.02. The molecule has 1 fully saturated rings. The van der Waals surface area contributed by atoms with Gasteiger partial charge in [0.1, 0.15) is 6.04 Å². The quantitative estimate of drug-likeness (QED) is 0.387. The number of methoxy groups -OCH3 is 1. The van der Waals surface area contributed by atoms with E-state index in [2.05, 4.69) is 16.0 Å². The zero-order valence-corrected chi connectivity index (χ0v) is 17.8. The molecule has 0 aromatic heterocycles. The van der Waals surface area contributed by atoms with Crippen molar-refractivity contribution < 1.29 is 24.2 Å². The summed E-state index contributed by atoms with van der Waals surface area (Å²) in [5.41, 5.74) is 1.25. The largest absolute Gasteiger partial charge is 0.481 e. The summed E-state index contributed by atoms with van der Waals surface area (Å²) in [5, 5.41) is 18.2. The van der Waals surface area contributed by atoms with E-state index in [1.54, 1.807) is 25.3 Å². The third-order valence-corrected chi connectivity index (χ3v) is 5.39. The van der Waals surface area contributed by atoms with Gasteiger partial charge in [0.05, 0.1) is 12.5 Å². The number of carbonyl (C=O) groups excluding carboxylic acids is 2. The highest BCUT2D eigenvalue weighted by atomic mass is 16.5. The second-order valence-electron chi connectivity index (χ2n) is 7.66. The lowest BCUT2D eigenvalue weighted by Crippen LogP contribution is -2.51. The van der Waals surface area contributed by atoms with E-state index in [0.29, 0.717) is 38.0 Å². The highest BCUT2D eigenvalue weighted by Gasteiger charge is 2.35. The van der Waals surface area contributed by atoms with Crippen LogP contribution in [0.3, 0.4) is 0 Å². The van der Waals surface area contributed by atoms with Gasteiger partial charge in [0.2, 0.25) is 5.91 Å². The number of hydrogen-bond donors (Lipinski definition) is 4. The molecule has 0 aliphatic heterocycles. The smallest absolute Gasteiger partial charge is 0.308 e. The molecule has 4 N–H and O–H groups in total. The maximum atomic E-state index is 12.8. The average molecular weight is 420 g/mol. The summed E-state index contributed by atoms with van der Waals surface area (Å²) in [6.45, 7) is 3.19. The topological polar surface area (TPSA) is 117 Å². The monoisotopic (exact) mass is 419 g/mol. The number of nitrogens with one attached hydrogen (secondary N) is 3. The average Bonchev–Trinajstić information content (AvgIpc) is 3.19. The lowest BCUT2D eigenvalue weighted by molar-refractivity contribution is -0.142. The van der Waals surface area contributed by atoms with Gasteiger partial charge in [-0.15, -0.1) is 0 Å². The number of benzene rings is 1. The summed E-state index contributed by atoms with van der Waals surface area (Å²) in [5.74, 6) is -2.09. The van der Waals surface area contributed by atoms with Gasteiger partial charge in [-0.05, 0) is 37.5 Å². The van der Waals surface area contributed by atoms with E-state index in [0.717, 1.165) is 24.9 Å². The molecule has 1 aliphatic rings. The van der Waals surface area contributed by atoms with E-state index < -0.39 is 17.9 Å². The van der Waals surface area contributed by atoms with Gasteiger partial charge in [-0.25, -0.2) is 0 Å². The fourth-order valence-corrected chi connectivity index (χ4v) is 3.70. The summed E-state index contributed by atoms with van der Waals surface area (Å²) < 4.78 is 5.01. The van der Waals surface area contributed by atoms with Crippen molar-refractivity contribution in [3.63, 3.8) is 0 Å². The first kappa shape index (κ1) is 23.7. The molecule has 0 spiro atoms. The molecule has 0 heterocycles. The fourth-order valence-electron chi connectivity index (χ4n) is 3.70. The van der Waals surface area contributed by atoms with Crippen LogP contribution in [0, 0.1) is 5.92 Å². The van der Waals surface area contributed by atoms with E-state index in [9.17, 15) is 19.5 Å². The molecule has 2 rings (SSSR count). The minimum Gasteiger partial charge on any atom is -0.481 e. The number of carboxylic acids is 1. The molecule has 0 bridgehead atoms. The maximum absolute atomic E-state index is 12.8. The first-order valence-electron chi connectivity index (χ1n) is 10.6. The van der Waals surface area contributed by atoms with E-state index in [1.807, 2.05) is 13.0 Å². The normalized spacial score (nSPS) is 19.1. The number of rotatable bonds is 12. The van der Waals surface area contributed by atoms with Gasteiger partial charge in [0.15, 0.2) is 0 Å². The van der Waals surface area contributed by atoms with Crippen LogP contribution in [0.2, 0.25) is 0 Å². The second kappa shape index (κ2) is 12.2. The Hall–Kier alpha value is -2.61. The summed E-state index contributed by atoms with van der Waals surface area (Å²) in [6, 6.07) is 5.99. The van der Waals surface area contributed by atoms with Crippen LogP contribution in [-0.2, 0) is 14.3 Å². The zero-order chi connectivity index (χ0) is 21.9. The Labute approximate surface area is 177 Å². The zero-order valence-electron chi connectivity index (χ0n) is 17.8. The van der Waals surface area contributed by atoms with Gasteiger partial charge < -0.3 is 25.8 Å². The SMILES string of the molecule is CCCC[C@H](NC(=O)c1cccc(NCCOC)c1)C(=O)N[C@H]1CCC[C@H]1C(=O)O. The van der Waals surface area contributed by atoms with Crippen molar-refractivity contribution in [3.8, 4) is 0 Å². The number of carbonyl (C=O) groups is 3. The highest BCUT2D eigenvalue weighted by molar-refractivity contribution is 5.98. The molecular formula is C22H33N3O5. The fraction of sp³-hybridized carbons (Fsp3) is 0.591. The van der Waals surface area contributed by atoms with Gasteiger partial charge in [0, 0.05) is 30.9 Å². The Bertz CT molecular complexity index is 724. The Morgan fingerprint density at radius 2 is 2.07 bits per heavy atom. The minimum absolute atomic E-state index is 0.315.